The zero-order valence-electron chi connectivity index (χ0n) is 12.4. The number of halogens is 3. The number of hydrogen-bond donors (Lipinski definition) is 1. The summed E-state index contributed by atoms with van der Waals surface area (Å²) in [6.07, 6.45) is -4.58. The zero-order valence-corrected chi connectivity index (χ0v) is 12.4. The number of amides is 1. The Balaban J connectivity index is 2.10. The fraction of sp³-hybridized carbons (Fsp3) is 0.267. The Bertz CT molecular complexity index is 733. The van der Waals surface area contributed by atoms with Crippen LogP contribution in [0.1, 0.15) is 28.7 Å². The molecule has 1 heterocycles. The van der Waals surface area contributed by atoms with Crippen LogP contribution in [0, 0.1) is 6.92 Å². The van der Waals surface area contributed by atoms with Crippen LogP contribution in [0.25, 0.3) is 0 Å². The summed E-state index contributed by atoms with van der Waals surface area (Å²) < 4.78 is 39.1. The Labute approximate surface area is 130 Å². The number of anilines is 1. The molecule has 0 bridgehead atoms. The summed E-state index contributed by atoms with van der Waals surface area (Å²) in [7, 11) is 0. The normalized spacial score (nSPS) is 11.3. The number of hydrogen-bond acceptors (Lipinski definition) is 3. The second kappa shape index (κ2) is 6.23. The van der Waals surface area contributed by atoms with Crippen LogP contribution in [0.2, 0.25) is 0 Å². The number of carbonyl (C=O) groups is 2. The highest BCUT2D eigenvalue weighted by Crippen LogP contribution is 2.29. The zero-order chi connectivity index (χ0) is 17.2. The molecule has 122 valence electrons. The van der Waals surface area contributed by atoms with E-state index in [1.807, 2.05) is 0 Å². The number of aryl methyl sites for hydroxylation is 1. The van der Waals surface area contributed by atoms with Crippen molar-refractivity contribution in [3.8, 4) is 0 Å². The molecule has 0 aliphatic rings. The van der Waals surface area contributed by atoms with Crippen molar-refractivity contribution in [3.05, 3.63) is 47.3 Å². The molecule has 0 aliphatic heterocycles. The van der Waals surface area contributed by atoms with Gasteiger partial charge in [-0.25, -0.2) is 0 Å². The highest BCUT2D eigenvalue weighted by atomic mass is 19.4. The Kier molecular flexibility index (Phi) is 4.53. The summed E-state index contributed by atoms with van der Waals surface area (Å²) in [6.45, 7) is 2.27. The van der Waals surface area contributed by atoms with E-state index in [1.165, 1.54) is 38.1 Å². The first-order valence-corrected chi connectivity index (χ1v) is 6.69. The minimum absolute atomic E-state index is 0.121. The van der Waals surface area contributed by atoms with Gasteiger partial charge >= 0.3 is 6.18 Å². The Hall–Kier alpha value is -2.64. The molecule has 0 fully saturated rings. The summed E-state index contributed by atoms with van der Waals surface area (Å²) >= 11 is 0. The van der Waals surface area contributed by atoms with Crippen LogP contribution in [0.4, 0.5) is 18.9 Å². The number of rotatable bonds is 4. The SMILES string of the molecule is CC(=O)c1ccc(NC(=O)Cn2nc(C)cc2C(F)(F)F)cc1. The van der Waals surface area contributed by atoms with E-state index in [9.17, 15) is 22.8 Å². The van der Waals surface area contributed by atoms with Crippen molar-refractivity contribution in [2.75, 3.05) is 5.32 Å². The third-order valence-corrected chi connectivity index (χ3v) is 3.06. The molecule has 0 spiro atoms. The third kappa shape index (κ3) is 4.18. The monoisotopic (exact) mass is 325 g/mol. The molecule has 0 unspecified atom stereocenters. The van der Waals surface area contributed by atoms with E-state index >= 15 is 0 Å². The molecule has 0 atom stereocenters. The molecule has 5 nitrogen and oxygen atoms in total. The quantitative estimate of drug-likeness (QED) is 0.879. The van der Waals surface area contributed by atoms with Crippen LogP contribution in [-0.2, 0) is 17.5 Å². The first-order chi connectivity index (χ1) is 10.7. The van der Waals surface area contributed by atoms with Crippen molar-refractivity contribution in [1.82, 2.24) is 9.78 Å². The van der Waals surface area contributed by atoms with Gasteiger partial charge in [-0.15, -0.1) is 0 Å². The third-order valence-electron chi connectivity index (χ3n) is 3.06. The summed E-state index contributed by atoms with van der Waals surface area (Å²) in [5.41, 5.74) is 0.0653. The highest BCUT2D eigenvalue weighted by molar-refractivity contribution is 5.95. The van der Waals surface area contributed by atoms with Gasteiger partial charge < -0.3 is 5.32 Å². The number of nitrogens with zero attached hydrogens (tertiary/aromatic N) is 2. The van der Waals surface area contributed by atoms with Crippen molar-refractivity contribution in [1.29, 1.82) is 0 Å². The van der Waals surface area contributed by atoms with Gasteiger partial charge in [0.2, 0.25) is 5.91 Å². The summed E-state index contributed by atoms with van der Waals surface area (Å²) in [5, 5.41) is 6.15. The summed E-state index contributed by atoms with van der Waals surface area (Å²) in [5.74, 6) is -0.765. The van der Waals surface area contributed by atoms with Crippen LogP contribution < -0.4 is 5.32 Å². The predicted octanol–water partition coefficient (Wildman–Crippen LogP) is 3.05. The van der Waals surface area contributed by atoms with Crippen molar-refractivity contribution in [2.45, 2.75) is 26.6 Å². The van der Waals surface area contributed by atoms with Gasteiger partial charge in [-0.3, -0.25) is 14.3 Å². The van der Waals surface area contributed by atoms with Gasteiger partial charge in [-0.05, 0) is 44.2 Å². The van der Waals surface area contributed by atoms with Crippen LogP contribution in [0.15, 0.2) is 30.3 Å². The maximum Gasteiger partial charge on any atom is 0.433 e. The smallest absolute Gasteiger partial charge is 0.324 e. The standard InChI is InChI=1S/C15H14F3N3O2/c1-9-7-13(15(16,17)18)21(20-9)8-14(23)19-12-5-3-11(4-6-12)10(2)22/h3-7H,8H2,1-2H3,(H,19,23). The topological polar surface area (TPSA) is 64.0 Å². The van der Waals surface area contributed by atoms with Gasteiger partial charge in [0.25, 0.3) is 0 Å². The van der Waals surface area contributed by atoms with E-state index in [4.69, 9.17) is 0 Å². The van der Waals surface area contributed by atoms with Gasteiger partial charge in [-0.1, -0.05) is 0 Å². The second-order valence-corrected chi connectivity index (χ2v) is 5.01. The molecule has 1 N–H and O–H groups in total. The molecule has 8 heteroatoms. The lowest BCUT2D eigenvalue weighted by molar-refractivity contribution is -0.144. The van der Waals surface area contributed by atoms with Gasteiger partial charge in [0, 0.05) is 11.3 Å². The number of Topliss-reactive ketones (excluding diaryl/α,β-unsaturated/α-hetero) is 1. The molecule has 0 radical (unpaired) electrons. The Morgan fingerprint density at radius 2 is 1.83 bits per heavy atom. The average Bonchev–Trinajstić information content (AvgIpc) is 2.80. The van der Waals surface area contributed by atoms with E-state index in [0.717, 1.165) is 6.07 Å². The van der Waals surface area contributed by atoms with Crippen LogP contribution in [-0.4, -0.2) is 21.5 Å². The lowest BCUT2D eigenvalue weighted by atomic mass is 10.1. The van der Waals surface area contributed by atoms with E-state index in [-0.39, 0.29) is 11.5 Å². The molecule has 2 aromatic rings. The Morgan fingerprint density at radius 1 is 1.22 bits per heavy atom. The minimum atomic E-state index is -4.58. The van der Waals surface area contributed by atoms with Crippen LogP contribution >= 0.6 is 0 Å². The maximum absolute atomic E-state index is 12.8. The number of ketones is 1. The molecule has 1 amide bonds. The highest BCUT2D eigenvalue weighted by Gasteiger charge is 2.35. The number of alkyl halides is 3. The van der Waals surface area contributed by atoms with Crippen molar-refractivity contribution in [2.24, 2.45) is 0 Å². The van der Waals surface area contributed by atoms with Gasteiger partial charge in [0.15, 0.2) is 5.78 Å². The van der Waals surface area contributed by atoms with Crippen LogP contribution in [0.3, 0.4) is 0 Å². The van der Waals surface area contributed by atoms with E-state index in [1.54, 1.807) is 0 Å². The summed E-state index contributed by atoms with van der Waals surface area (Å²) in [6, 6.07) is 6.95. The van der Waals surface area contributed by atoms with Crippen molar-refractivity contribution in [3.63, 3.8) is 0 Å². The van der Waals surface area contributed by atoms with E-state index in [0.29, 0.717) is 15.9 Å². The van der Waals surface area contributed by atoms with Gasteiger partial charge in [-0.2, -0.15) is 18.3 Å². The maximum atomic E-state index is 12.8. The van der Waals surface area contributed by atoms with Crippen molar-refractivity contribution < 1.29 is 22.8 Å². The lowest BCUT2D eigenvalue weighted by Crippen LogP contribution is -2.23. The van der Waals surface area contributed by atoms with E-state index < -0.39 is 24.3 Å². The molecule has 0 saturated carbocycles. The van der Waals surface area contributed by atoms with Gasteiger partial charge in [0.05, 0.1) is 5.69 Å². The number of benzene rings is 1. The van der Waals surface area contributed by atoms with Crippen LogP contribution in [0.5, 0.6) is 0 Å². The minimum Gasteiger partial charge on any atom is -0.324 e. The molecular formula is C15H14F3N3O2. The Morgan fingerprint density at radius 3 is 2.35 bits per heavy atom. The molecule has 23 heavy (non-hydrogen) atoms. The first kappa shape index (κ1) is 16.7. The van der Waals surface area contributed by atoms with Crippen molar-refractivity contribution >= 4 is 17.4 Å². The molecule has 0 aliphatic carbocycles. The fourth-order valence-electron chi connectivity index (χ4n) is 2.02. The fourth-order valence-corrected chi connectivity index (χ4v) is 2.02. The predicted molar refractivity (Wildman–Crippen MR) is 77.0 cm³/mol. The van der Waals surface area contributed by atoms with E-state index in [2.05, 4.69) is 10.4 Å². The summed E-state index contributed by atoms with van der Waals surface area (Å²) in [4.78, 5) is 23.0. The number of carbonyl (C=O) groups excluding carboxylic acids is 2. The average molecular weight is 325 g/mol. The molecular weight excluding hydrogens is 311 g/mol. The molecule has 1 aromatic heterocycles. The number of nitrogens with one attached hydrogen (secondary N) is 1. The molecule has 0 saturated heterocycles. The lowest BCUT2D eigenvalue weighted by Gasteiger charge is -2.10. The van der Waals surface area contributed by atoms with Gasteiger partial charge in [0.1, 0.15) is 12.2 Å². The molecule has 2 rings (SSSR count). The first-order valence-electron chi connectivity index (χ1n) is 6.69. The number of aromatic nitrogens is 2. The molecule has 1 aromatic carbocycles. The largest absolute Gasteiger partial charge is 0.433 e. The second-order valence-electron chi connectivity index (χ2n) is 5.01.